The summed E-state index contributed by atoms with van der Waals surface area (Å²) >= 11 is 0. The van der Waals surface area contributed by atoms with Gasteiger partial charge in [-0.3, -0.25) is 9.48 Å². The van der Waals surface area contributed by atoms with Crippen molar-refractivity contribution in [2.45, 2.75) is 19.6 Å². The number of carbonyl (C=O) groups excluding carboxylic acids is 1. The van der Waals surface area contributed by atoms with E-state index in [2.05, 4.69) is 10.4 Å². The van der Waals surface area contributed by atoms with E-state index in [9.17, 15) is 18.0 Å². The molecule has 0 aliphatic carbocycles. The molecule has 1 N–H and O–H groups in total. The van der Waals surface area contributed by atoms with Crippen molar-refractivity contribution in [1.29, 1.82) is 0 Å². The van der Waals surface area contributed by atoms with E-state index in [-0.39, 0.29) is 12.4 Å². The lowest BCUT2D eigenvalue weighted by atomic mass is 10.1. The molecule has 1 aromatic heterocycles. The van der Waals surface area contributed by atoms with Gasteiger partial charge < -0.3 is 14.8 Å². The average molecular weight is 419 g/mol. The van der Waals surface area contributed by atoms with E-state index in [0.29, 0.717) is 28.3 Å². The third kappa shape index (κ3) is 4.73. The Morgan fingerprint density at radius 2 is 1.87 bits per heavy atom. The summed E-state index contributed by atoms with van der Waals surface area (Å²) in [6.45, 7) is 1.89. The van der Waals surface area contributed by atoms with Gasteiger partial charge in [-0.25, -0.2) is 0 Å². The molecule has 0 bridgehead atoms. The van der Waals surface area contributed by atoms with E-state index in [1.54, 1.807) is 37.3 Å². The Kier molecular flexibility index (Phi) is 6.00. The molecular formula is C21H20F3N3O3. The first-order valence-electron chi connectivity index (χ1n) is 8.95. The van der Waals surface area contributed by atoms with Gasteiger partial charge in [0, 0.05) is 17.8 Å². The van der Waals surface area contributed by atoms with Crippen molar-refractivity contribution in [3.8, 4) is 11.5 Å². The quantitative estimate of drug-likeness (QED) is 0.638. The van der Waals surface area contributed by atoms with Crippen LogP contribution in [0.2, 0.25) is 0 Å². The van der Waals surface area contributed by atoms with Crippen LogP contribution in [0.25, 0.3) is 0 Å². The predicted octanol–water partition coefficient (Wildman–Crippen LogP) is 4.53. The number of aryl methyl sites for hydroxylation is 1. The zero-order chi connectivity index (χ0) is 21.9. The third-order valence-electron chi connectivity index (χ3n) is 4.46. The number of anilines is 1. The minimum atomic E-state index is -4.41. The number of amides is 1. The Labute approximate surface area is 171 Å². The molecule has 2 aromatic carbocycles. The van der Waals surface area contributed by atoms with Gasteiger partial charge in [0.25, 0.3) is 5.91 Å². The maximum atomic E-state index is 12.9. The largest absolute Gasteiger partial charge is 0.497 e. The van der Waals surface area contributed by atoms with Crippen molar-refractivity contribution >= 4 is 11.7 Å². The monoisotopic (exact) mass is 419 g/mol. The molecule has 9 heteroatoms. The van der Waals surface area contributed by atoms with Crippen molar-refractivity contribution in [2.24, 2.45) is 0 Å². The highest BCUT2D eigenvalue weighted by molar-refractivity contribution is 6.05. The van der Waals surface area contributed by atoms with Gasteiger partial charge in [-0.15, -0.1) is 0 Å². The molecule has 0 aliphatic heterocycles. The van der Waals surface area contributed by atoms with Crippen LogP contribution >= 0.6 is 0 Å². The molecule has 30 heavy (non-hydrogen) atoms. The molecule has 0 saturated heterocycles. The van der Waals surface area contributed by atoms with E-state index in [0.717, 1.165) is 12.1 Å². The number of halogens is 3. The summed E-state index contributed by atoms with van der Waals surface area (Å²) in [7, 11) is 2.95. The summed E-state index contributed by atoms with van der Waals surface area (Å²) in [4.78, 5) is 12.6. The zero-order valence-electron chi connectivity index (χ0n) is 16.6. The molecule has 0 spiro atoms. The van der Waals surface area contributed by atoms with Gasteiger partial charge in [0.1, 0.15) is 11.5 Å². The standard InChI is InChI=1S/C21H20F3N3O3/c1-13-9-19(25-20(28)17-8-7-16(29-2)11-18(17)30-3)26-27(13)12-14-5-4-6-15(10-14)21(22,23)24/h4-11H,12H2,1-3H3,(H,25,26,28). The molecule has 0 fully saturated rings. The predicted molar refractivity (Wildman–Crippen MR) is 105 cm³/mol. The maximum absolute atomic E-state index is 12.9. The molecule has 158 valence electrons. The van der Waals surface area contributed by atoms with Crippen LogP contribution in [0.1, 0.15) is 27.2 Å². The molecule has 0 atom stereocenters. The Bertz CT molecular complexity index is 1060. The fourth-order valence-corrected chi connectivity index (χ4v) is 2.92. The molecule has 3 rings (SSSR count). The van der Waals surface area contributed by atoms with Crippen LogP contribution in [0.3, 0.4) is 0 Å². The number of nitrogens with zero attached hydrogens (tertiary/aromatic N) is 2. The molecule has 0 radical (unpaired) electrons. The highest BCUT2D eigenvalue weighted by atomic mass is 19.4. The van der Waals surface area contributed by atoms with E-state index in [1.807, 2.05) is 0 Å². The number of carbonyl (C=O) groups is 1. The van der Waals surface area contributed by atoms with E-state index >= 15 is 0 Å². The first-order valence-corrected chi connectivity index (χ1v) is 8.95. The van der Waals surface area contributed by atoms with Crippen molar-refractivity contribution in [3.05, 3.63) is 70.9 Å². The summed E-state index contributed by atoms with van der Waals surface area (Å²) in [5.41, 5.74) is 0.712. The highest BCUT2D eigenvalue weighted by Gasteiger charge is 2.30. The second kappa shape index (κ2) is 8.48. The van der Waals surface area contributed by atoms with Crippen molar-refractivity contribution in [2.75, 3.05) is 19.5 Å². The van der Waals surface area contributed by atoms with Crippen molar-refractivity contribution < 1.29 is 27.4 Å². The van der Waals surface area contributed by atoms with Crippen molar-refractivity contribution in [3.63, 3.8) is 0 Å². The summed E-state index contributed by atoms with van der Waals surface area (Å²) in [5.74, 6) is 0.733. The minimum absolute atomic E-state index is 0.136. The van der Waals surface area contributed by atoms with Gasteiger partial charge in [-0.05, 0) is 36.8 Å². The van der Waals surface area contributed by atoms with Crippen LogP contribution in [0.5, 0.6) is 11.5 Å². The Morgan fingerprint density at radius 3 is 2.53 bits per heavy atom. The highest BCUT2D eigenvalue weighted by Crippen LogP contribution is 2.30. The second-order valence-corrected chi connectivity index (χ2v) is 6.55. The first kappa shape index (κ1) is 21.2. The van der Waals surface area contributed by atoms with Crippen LogP contribution in [0, 0.1) is 6.92 Å². The summed E-state index contributed by atoms with van der Waals surface area (Å²) in [5, 5.41) is 6.97. The number of ether oxygens (including phenoxy) is 2. The van der Waals surface area contributed by atoms with Gasteiger partial charge in [0.2, 0.25) is 0 Å². The van der Waals surface area contributed by atoms with Crippen LogP contribution < -0.4 is 14.8 Å². The molecule has 3 aromatic rings. The number of aromatic nitrogens is 2. The number of benzene rings is 2. The lowest BCUT2D eigenvalue weighted by Gasteiger charge is -2.10. The van der Waals surface area contributed by atoms with Gasteiger partial charge in [-0.1, -0.05) is 12.1 Å². The first-order chi connectivity index (χ1) is 14.2. The normalized spacial score (nSPS) is 11.3. The fraction of sp³-hybridized carbons (Fsp3) is 0.238. The molecule has 1 heterocycles. The van der Waals surface area contributed by atoms with Gasteiger partial charge in [-0.2, -0.15) is 18.3 Å². The Balaban J connectivity index is 1.78. The van der Waals surface area contributed by atoms with Crippen molar-refractivity contribution in [1.82, 2.24) is 9.78 Å². The SMILES string of the molecule is COc1ccc(C(=O)Nc2cc(C)n(Cc3cccc(C(F)(F)F)c3)n2)c(OC)c1. The maximum Gasteiger partial charge on any atom is 0.416 e. The van der Waals surface area contributed by atoms with E-state index < -0.39 is 17.6 Å². The molecule has 0 saturated carbocycles. The van der Waals surface area contributed by atoms with E-state index in [1.165, 1.54) is 25.0 Å². The fourth-order valence-electron chi connectivity index (χ4n) is 2.92. The van der Waals surface area contributed by atoms with Gasteiger partial charge >= 0.3 is 6.18 Å². The lowest BCUT2D eigenvalue weighted by molar-refractivity contribution is -0.137. The van der Waals surface area contributed by atoms with Crippen LogP contribution in [-0.4, -0.2) is 29.9 Å². The van der Waals surface area contributed by atoms with Crippen LogP contribution in [0.15, 0.2) is 48.5 Å². The molecule has 0 unspecified atom stereocenters. The summed E-state index contributed by atoms with van der Waals surface area (Å²) in [6.07, 6.45) is -4.41. The van der Waals surface area contributed by atoms with E-state index in [4.69, 9.17) is 9.47 Å². The third-order valence-corrected chi connectivity index (χ3v) is 4.46. The van der Waals surface area contributed by atoms with Crippen LogP contribution in [0.4, 0.5) is 19.0 Å². The number of methoxy groups -OCH3 is 2. The topological polar surface area (TPSA) is 65.4 Å². The number of nitrogens with one attached hydrogen (secondary N) is 1. The lowest BCUT2D eigenvalue weighted by Crippen LogP contribution is -2.14. The number of alkyl halides is 3. The summed E-state index contributed by atoms with van der Waals surface area (Å²) in [6, 6.07) is 11.5. The van der Waals surface area contributed by atoms with Gasteiger partial charge in [0.05, 0.1) is 31.9 Å². The second-order valence-electron chi connectivity index (χ2n) is 6.55. The van der Waals surface area contributed by atoms with Gasteiger partial charge in [0.15, 0.2) is 5.82 Å². The Hall–Kier alpha value is -3.49. The zero-order valence-corrected chi connectivity index (χ0v) is 16.6. The molecule has 6 nitrogen and oxygen atoms in total. The Morgan fingerprint density at radius 1 is 1.10 bits per heavy atom. The number of hydrogen-bond acceptors (Lipinski definition) is 4. The minimum Gasteiger partial charge on any atom is -0.497 e. The number of rotatable bonds is 6. The molecule has 0 aliphatic rings. The summed E-state index contributed by atoms with van der Waals surface area (Å²) < 4.78 is 50.6. The average Bonchev–Trinajstić information content (AvgIpc) is 3.05. The smallest absolute Gasteiger partial charge is 0.416 e. The van der Waals surface area contributed by atoms with Crippen LogP contribution in [-0.2, 0) is 12.7 Å². The molecular weight excluding hydrogens is 399 g/mol. The molecule has 1 amide bonds. The number of hydrogen-bond donors (Lipinski definition) is 1.